The molecule has 12 nitrogen and oxygen atoms in total. The number of hydrogen-bond donors (Lipinski definition) is 5. The molecule has 0 fully saturated rings. The zero-order chi connectivity index (χ0) is 22.7. The van der Waals surface area contributed by atoms with Gasteiger partial charge in [-0.3, -0.25) is 5.32 Å². The first-order valence-electron chi connectivity index (χ1n) is 8.51. The van der Waals surface area contributed by atoms with Gasteiger partial charge in [-0.05, 0) is 33.6 Å². The summed E-state index contributed by atoms with van der Waals surface area (Å²) in [4.78, 5) is 19.5. The molecule has 0 spiro atoms. The maximum atomic E-state index is 10.9. The van der Waals surface area contributed by atoms with Crippen LogP contribution in [0.2, 0.25) is 0 Å². The Bertz CT molecular complexity index is 1180. The van der Waals surface area contributed by atoms with E-state index in [-0.39, 0.29) is 40.3 Å². The van der Waals surface area contributed by atoms with Crippen molar-refractivity contribution in [3.8, 4) is 23.8 Å². The zero-order valence-corrected chi connectivity index (χ0v) is 17.5. The lowest BCUT2D eigenvalue weighted by Gasteiger charge is -2.26. The van der Waals surface area contributed by atoms with Crippen LogP contribution in [0, 0.1) is 22.8 Å². The third-order valence-electron chi connectivity index (χ3n) is 4.27. The number of anilines is 3. The van der Waals surface area contributed by atoms with Crippen LogP contribution in [0.3, 0.4) is 0 Å². The number of fused-ring (bicyclic) bond motifs is 1. The second kappa shape index (κ2) is 8.64. The van der Waals surface area contributed by atoms with E-state index < -0.39 is 18.6 Å². The molecule has 1 atom stereocenters. The third-order valence-corrected chi connectivity index (χ3v) is 4.85. The molecule has 7 N–H and O–H groups in total. The van der Waals surface area contributed by atoms with Crippen LogP contribution in [0.25, 0.3) is 0 Å². The number of aliphatic imine (C=N–C) groups is 1. The number of nitrogen functional groups attached to an aromatic ring is 2. The number of benzene rings is 1. The number of methoxy groups -OCH3 is 1. The van der Waals surface area contributed by atoms with Crippen LogP contribution in [-0.2, 0) is 4.79 Å². The second-order valence-electron chi connectivity index (χ2n) is 6.12. The van der Waals surface area contributed by atoms with E-state index in [0.29, 0.717) is 15.6 Å². The topological polar surface area (TPSA) is 205 Å². The van der Waals surface area contributed by atoms with Gasteiger partial charge in [-0.2, -0.15) is 10.5 Å². The van der Waals surface area contributed by atoms with E-state index in [0.717, 1.165) is 0 Å². The summed E-state index contributed by atoms with van der Waals surface area (Å²) in [5.74, 6) is -0.478. The Balaban J connectivity index is 2.20. The van der Waals surface area contributed by atoms with Gasteiger partial charge in [0.15, 0.2) is 24.3 Å². The molecule has 13 heteroatoms. The zero-order valence-electron chi connectivity index (χ0n) is 15.9. The monoisotopic (exact) mass is 486 g/mol. The van der Waals surface area contributed by atoms with Crippen LogP contribution in [-0.4, -0.2) is 35.7 Å². The molecule has 2 heterocycles. The SMILES string of the molecule is COc1cc(C2N=C(NC#N)Nc3nc(N)c(C#N)c(N)c32)cc(Br)c1OCC(=O)O. The van der Waals surface area contributed by atoms with Gasteiger partial charge < -0.3 is 31.4 Å². The number of guanidine groups is 1. The fraction of sp³-hybridized carbons (Fsp3) is 0.167. The first-order chi connectivity index (χ1) is 14.8. The summed E-state index contributed by atoms with van der Waals surface area (Å²) in [7, 11) is 1.39. The summed E-state index contributed by atoms with van der Waals surface area (Å²) in [5.41, 5.74) is 13.1. The highest BCUT2D eigenvalue weighted by Gasteiger charge is 2.31. The normalized spacial score (nSPS) is 14.2. The molecule has 0 bridgehead atoms. The molecule has 0 amide bonds. The van der Waals surface area contributed by atoms with Crippen molar-refractivity contribution in [2.45, 2.75) is 6.04 Å². The first-order valence-corrected chi connectivity index (χ1v) is 9.30. The molecule has 1 aliphatic heterocycles. The van der Waals surface area contributed by atoms with Gasteiger partial charge in [0.2, 0.25) is 5.96 Å². The number of aliphatic carboxylic acids is 1. The van der Waals surface area contributed by atoms with Crippen molar-refractivity contribution >= 4 is 45.2 Å². The number of nitrogens with one attached hydrogen (secondary N) is 2. The smallest absolute Gasteiger partial charge is 0.341 e. The summed E-state index contributed by atoms with van der Waals surface area (Å²) in [6.45, 7) is -0.569. The van der Waals surface area contributed by atoms with Crippen molar-refractivity contribution in [2.24, 2.45) is 4.99 Å². The van der Waals surface area contributed by atoms with Gasteiger partial charge in [0, 0.05) is 5.56 Å². The van der Waals surface area contributed by atoms with Gasteiger partial charge in [-0.25, -0.2) is 14.8 Å². The number of rotatable bonds is 5. The summed E-state index contributed by atoms with van der Waals surface area (Å²) >= 11 is 3.35. The van der Waals surface area contributed by atoms with Crippen LogP contribution in [0.1, 0.15) is 22.7 Å². The number of aromatic nitrogens is 1. The van der Waals surface area contributed by atoms with Crippen molar-refractivity contribution < 1.29 is 19.4 Å². The molecule has 1 aromatic heterocycles. The fourth-order valence-electron chi connectivity index (χ4n) is 2.99. The summed E-state index contributed by atoms with van der Waals surface area (Å²) < 4.78 is 11.0. The Kier molecular flexibility index (Phi) is 5.99. The van der Waals surface area contributed by atoms with Gasteiger partial charge in [0.1, 0.15) is 29.3 Å². The molecule has 0 saturated carbocycles. The number of ether oxygens (including phenoxy) is 2. The van der Waals surface area contributed by atoms with Gasteiger partial charge in [0.25, 0.3) is 0 Å². The highest BCUT2D eigenvalue weighted by Crippen LogP contribution is 2.44. The van der Waals surface area contributed by atoms with Crippen molar-refractivity contribution in [2.75, 3.05) is 30.5 Å². The van der Waals surface area contributed by atoms with Crippen LogP contribution < -0.4 is 31.6 Å². The summed E-state index contributed by atoms with van der Waals surface area (Å²) in [5, 5.41) is 32.5. The highest BCUT2D eigenvalue weighted by atomic mass is 79.9. The lowest BCUT2D eigenvalue weighted by Crippen LogP contribution is -2.32. The minimum atomic E-state index is -1.15. The number of carboxylic acids is 1. The maximum absolute atomic E-state index is 10.9. The predicted octanol–water partition coefficient (Wildman–Crippen LogP) is 1.29. The Morgan fingerprint density at radius 1 is 1.42 bits per heavy atom. The molecule has 1 aromatic carbocycles. The number of halogens is 1. The van der Waals surface area contributed by atoms with Gasteiger partial charge >= 0.3 is 5.97 Å². The van der Waals surface area contributed by atoms with E-state index in [4.69, 9.17) is 31.3 Å². The number of nitrogens with two attached hydrogens (primary N) is 2. The summed E-state index contributed by atoms with van der Waals surface area (Å²) in [6, 6.07) is 4.34. The largest absolute Gasteiger partial charge is 0.493 e. The quantitative estimate of drug-likeness (QED) is 0.300. The molecule has 3 rings (SSSR count). The van der Waals surface area contributed by atoms with Crippen molar-refractivity contribution in [1.82, 2.24) is 10.3 Å². The minimum absolute atomic E-state index is 0.00452. The van der Waals surface area contributed by atoms with E-state index >= 15 is 0 Å². The minimum Gasteiger partial charge on any atom is -0.493 e. The molecular weight excluding hydrogens is 472 g/mol. The lowest BCUT2D eigenvalue weighted by atomic mass is 9.95. The van der Waals surface area contributed by atoms with Crippen LogP contribution in [0.4, 0.5) is 17.3 Å². The number of nitrogens with zero attached hydrogens (tertiary/aromatic N) is 4. The molecule has 0 saturated heterocycles. The van der Waals surface area contributed by atoms with E-state index in [2.05, 4.69) is 36.5 Å². The van der Waals surface area contributed by atoms with Crippen molar-refractivity contribution in [1.29, 1.82) is 10.5 Å². The molecule has 31 heavy (non-hydrogen) atoms. The highest BCUT2D eigenvalue weighted by molar-refractivity contribution is 9.10. The van der Waals surface area contributed by atoms with Gasteiger partial charge in [-0.15, -0.1) is 0 Å². The van der Waals surface area contributed by atoms with Gasteiger partial charge in [-0.1, -0.05) is 0 Å². The Morgan fingerprint density at radius 3 is 2.77 bits per heavy atom. The lowest BCUT2D eigenvalue weighted by molar-refractivity contribution is -0.139. The fourth-order valence-corrected chi connectivity index (χ4v) is 3.57. The number of hydrogen-bond acceptors (Lipinski definition) is 11. The predicted molar refractivity (Wildman–Crippen MR) is 113 cm³/mol. The number of pyridine rings is 1. The van der Waals surface area contributed by atoms with Crippen molar-refractivity contribution in [3.63, 3.8) is 0 Å². The Hall–Kier alpha value is -4.23. The average molecular weight is 487 g/mol. The van der Waals surface area contributed by atoms with Crippen LogP contribution in [0.5, 0.6) is 11.5 Å². The molecule has 1 unspecified atom stereocenters. The molecule has 0 radical (unpaired) electrons. The molecule has 0 aliphatic carbocycles. The Morgan fingerprint density at radius 2 is 2.16 bits per heavy atom. The number of carboxylic acid groups (broad SMARTS) is 1. The molecular formula is C18H15BrN8O4. The van der Waals surface area contributed by atoms with Crippen LogP contribution >= 0.6 is 15.9 Å². The standard InChI is InChI=1S/C18H15BrN8O4/c1-30-10-3-7(2-9(19)15(10)31-5-11(28)29)14-12-13(22)8(4-20)16(23)26-17(12)27-18(25-14)24-6-21/h2-3,14H,5H2,1H3,(H,28,29)(H6,22,23,24,25,26,27). The maximum Gasteiger partial charge on any atom is 0.341 e. The Labute approximate surface area is 184 Å². The third kappa shape index (κ3) is 4.08. The molecule has 158 valence electrons. The first kappa shape index (κ1) is 21.5. The van der Waals surface area contributed by atoms with E-state index in [1.807, 2.05) is 6.07 Å². The molecule has 2 aromatic rings. The van der Waals surface area contributed by atoms with Gasteiger partial charge in [0.05, 0.1) is 17.3 Å². The van der Waals surface area contributed by atoms with Crippen molar-refractivity contribution in [3.05, 3.63) is 33.3 Å². The van der Waals surface area contributed by atoms with Crippen LogP contribution in [0.15, 0.2) is 21.6 Å². The van der Waals surface area contributed by atoms with E-state index in [1.165, 1.54) is 7.11 Å². The van der Waals surface area contributed by atoms with E-state index in [1.54, 1.807) is 18.3 Å². The number of nitriles is 2. The number of carbonyl (C=O) groups is 1. The van der Waals surface area contributed by atoms with E-state index in [9.17, 15) is 10.1 Å². The average Bonchev–Trinajstić information content (AvgIpc) is 2.72. The second-order valence-corrected chi connectivity index (χ2v) is 6.97. The summed E-state index contributed by atoms with van der Waals surface area (Å²) in [6.07, 6.45) is 1.77. The molecule has 1 aliphatic rings.